The van der Waals surface area contributed by atoms with E-state index in [1.165, 1.54) is 0 Å². The largest absolute Gasteiger partial charge is 0.379 e. The van der Waals surface area contributed by atoms with Crippen LogP contribution in [-0.2, 0) is 9.47 Å². The third-order valence-corrected chi connectivity index (χ3v) is 7.75. The van der Waals surface area contributed by atoms with Gasteiger partial charge in [0.1, 0.15) is 0 Å². The fourth-order valence-electron chi connectivity index (χ4n) is 5.06. The summed E-state index contributed by atoms with van der Waals surface area (Å²) in [6, 6.07) is 15.5. The average Bonchev–Trinajstić information content (AvgIpc) is 2.93. The van der Waals surface area contributed by atoms with Gasteiger partial charge in [0, 0.05) is 55.7 Å². The maximum atomic E-state index is 13.3. The Morgan fingerprint density at radius 1 is 0.639 bits per heavy atom. The first-order chi connectivity index (χ1) is 17.1. The van der Waals surface area contributed by atoms with E-state index in [9.17, 15) is 9.59 Å². The van der Waals surface area contributed by atoms with E-state index in [1.807, 2.05) is 83.3 Å². The molecule has 4 rings (SSSR count). The van der Waals surface area contributed by atoms with Crippen molar-refractivity contribution in [3.05, 3.63) is 59.7 Å². The van der Waals surface area contributed by atoms with Gasteiger partial charge in [-0.1, -0.05) is 0 Å². The van der Waals surface area contributed by atoms with Gasteiger partial charge in [-0.05, 0) is 76.2 Å². The Labute approximate surface area is 215 Å². The van der Waals surface area contributed by atoms with Crippen molar-refractivity contribution in [3.8, 4) is 0 Å². The Kier molecular flexibility index (Phi) is 7.95. The molecule has 2 aliphatic rings. The van der Waals surface area contributed by atoms with E-state index in [2.05, 4.69) is 14.7 Å². The lowest BCUT2D eigenvalue weighted by Crippen LogP contribution is -2.54. The molecule has 0 aromatic heterocycles. The van der Waals surface area contributed by atoms with Crippen molar-refractivity contribution in [3.63, 3.8) is 0 Å². The van der Waals surface area contributed by atoms with E-state index in [4.69, 9.17) is 9.47 Å². The minimum absolute atomic E-state index is 0.115. The molecule has 2 heterocycles. The summed E-state index contributed by atoms with van der Waals surface area (Å²) >= 11 is 0. The minimum Gasteiger partial charge on any atom is -0.379 e. The van der Waals surface area contributed by atoms with Crippen LogP contribution in [0.1, 0.15) is 48.4 Å². The van der Waals surface area contributed by atoms with Crippen LogP contribution in [0.2, 0.25) is 0 Å². The van der Waals surface area contributed by atoms with Gasteiger partial charge in [-0.25, -0.2) is 0 Å². The van der Waals surface area contributed by atoms with Crippen molar-refractivity contribution < 1.29 is 19.1 Å². The number of anilines is 2. The summed E-state index contributed by atoms with van der Waals surface area (Å²) in [5.74, 6) is 0.230. The van der Waals surface area contributed by atoms with Crippen LogP contribution in [0.5, 0.6) is 0 Å². The molecule has 7 nitrogen and oxygen atoms in total. The lowest BCUT2D eigenvalue weighted by molar-refractivity contribution is -0.00442. The number of morpholine rings is 2. The Morgan fingerprint density at radius 3 is 1.25 bits per heavy atom. The second-order valence-electron chi connectivity index (χ2n) is 10.6. The first-order valence-electron chi connectivity index (χ1n) is 12.8. The van der Waals surface area contributed by atoms with Crippen molar-refractivity contribution >= 4 is 22.9 Å². The van der Waals surface area contributed by atoms with Gasteiger partial charge in [0.05, 0.1) is 37.5 Å². The molecule has 2 saturated heterocycles. The zero-order valence-electron chi connectivity index (χ0n) is 22.3. The number of hydrogen-bond donors (Lipinski definition) is 0. The van der Waals surface area contributed by atoms with Gasteiger partial charge in [0.15, 0.2) is 11.6 Å². The van der Waals surface area contributed by atoms with E-state index < -0.39 is 11.1 Å². The third kappa shape index (κ3) is 5.39. The average molecular weight is 494 g/mol. The van der Waals surface area contributed by atoms with E-state index in [0.717, 1.165) is 37.6 Å². The zero-order chi connectivity index (χ0) is 25.9. The summed E-state index contributed by atoms with van der Waals surface area (Å²) in [4.78, 5) is 33.0. The van der Waals surface area contributed by atoms with Gasteiger partial charge < -0.3 is 14.4 Å². The van der Waals surface area contributed by atoms with E-state index >= 15 is 0 Å². The zero-order valence-corrected chi connectivity index (χ0v) is 22.3. The number of ether oxygens (including phenoxy) is 2. The summed E-state index contributed by atoms with van der Waals surface area (Å²) in [5, 5.41) is 0. The van der Waals surface area contributed by atoms with Gasteiger partial charge in [-0.15, -0.1) is 0 Å². The van der Waals surface area contributed by atoms with Crippen LogP contribution >= 0.6 is 0 Å². The number of nitrogens with zero attached hydrogens (tertiary/aromatic N) is 3. The number of Topliss-reactive ketones (excluding diaryl/α,β-unsaturated/α-hetero) is 2. The molecule has 2 aromatic rings. The van der Waals surface area contributed by atoms with Crippen molar-refractivity contribution in [1.82, 2.24) is 9.80 Å². The fraction of sp³-hybridized carbons (Fsp3) is 0.517. The highest BCUT2D eigenvalue weighted by molar-refractivity contribution is 6.03. The monoisotopic (exact) mass is 493 g/mol. The van der Waals surface area contributed by atoms with Gasteiger partial charge in [0.2, 0.25) is 0 Å². The molecule has 0 bridgehead atoms. The van der Waals surface area contributed by atoms with Gasteiger partial charge in [-0.2, -0.15) is 0 Å². The van der Waals surface area contributed by atoms with Crippen LogP contribution < -0.4 is 4.90 Å². The predicted octanol–water partition coefficient (Wildman–Crippen LogP) is 4.04. The summed E-state index contributed by atoms with van der Waals surface area (Å²) in [6.07, 6.45) is 0. The van der Waals surface area contributed by atoms with E-state index in [0.29, 0.717) is 37.6 Å². The second-order valence-corrected chi connectivity index (χ2v) is 10.6. The minimum atomic E-state index is -0.575. The molecule has 2 aliphatic heterocycles. The molecule has 2 aromatic carbocycles. The third-order valence-electron chi connectivity index (χ3n) is 7.75. The summed E-state index contributed by atoms with van der Waals surface area (Å²) < 4.78 is 10.9. The van der Waals surface area contributed by atoms with Crippen LogP contribution in [0.4, 0.5) is 11.4 Å². The highest BCUT2D eigenvalue weighted by Gasteiger charge is 2.37. The molecule has 0 saturated carbocycles. The Hall–Kier alpha value is -2.58. The maximum absolute atomic E-state index is 13.3. The summed E-state index contributed by atoms with van der Waals surface area (Å²) in [7, 11) is 1.99. The first-order valence-corrected chi connectivity index (χ1v) is 12.8. The number of carbonyl (C=O) groups excluding carboxylic acids is 2. The number of ketones is 2. The summed E-state index contributed by atoms with van der Waals surface area (Å²) in [5.41, 5.74) is 2.21. The molecular formula is C29H39N3O4. The van der Waals surface area contributed by atoms with Crippen molar-refractivity contribution in [2.45, 2.75) is 38.8 Å². The van der Waals surface area contributed by atoms with Crippen LogP contribution in [0.3, 0.4) is 0 Å². The first kappa shape index (κ1) is 26.5. The van der Waals surface area contributed by atoms with Gasteiger partial charge in [-0.3, -0.25) is 19.4 Å². The molecule has 0 atom stereocenters. The molecule has 0 amide bonds. The standard InChI is InChI=1S/C29H39N3O4/c1-28(2,31-14-18-35-19-15-31)26(33)22-6-10-24(11-7-22)30(5)25-12-8-23(9-13-25)27(34)29(3,4)32-16-20-36-21-17-32/h6-13H,14-21H2,1-5H3. The van der Waals surface area contributed by atoms with E-state index in [-0.39, 0.29) is 11.6 Å². The quantitative estimate of drug-likeness (QED) is 0.514. The van der Waals surface area contributed by atoms with Crippen LogP contribution in [0, 0.1) is 0 Å². The number of benzene rings is 2. The Balaban J connectivity index is 1.44. The molecule has 36 heavy (non-hydrogen) atoms. The molecule has 0 aliphatic carbocycles. The molecule has 194 valence electrons. The van der Waals surface area contributed by atoms with Gasteiger partial charge >= 0.3 is 0 Å². The molecule has 2 fully saturated rings. The molecule has 0 radical (unpaired) electrons. The second kappa shape index (κ2) is 10.8. The smallest absolute Gasteiger partial charge is 0.182 e. The Bertz CT molecular complexity index is 965. The van der Waals surface area contributed by atoms with Crippen LogP contribution in [-0.4, -0.2) is 92.1 Å². The van der Waals surface area contributed by atoms with Crippen molar-refractivity contribution in [2.24, 2.45) is 0 Å². The number of carbonyl (C=O) groups is 2. The SMILES string of the molecule is CN(c1ccc(C(=O)C(C)(C)N2CCOCC2)cc1)c1ccc(C(=O)C(C)(C)N2CCOCC2)cc1. The maximum Gasteiger partial charge on any atom is 0.182 e. The van der Waals surface area contributed by atoms with Crippen LogP contribution in [0.25, 0.3) is 0 Å². The normalized spacial score (nSPS) is 18.1. The molecular weight excluding hydrogens is 454 g/mol. The lowest BCUT2D eigenvalue weighted by atomic mass is 9.90. The summed E-state index contributed by atoms with van der Waals surface area (Å²) in [6.45, 7) is 13.7. The van der Waals surface area contributed by atoms with Gasteiger partial charge in [0.25, 0.3) is 0 Å². The highest BCUT2D eigenvalue weighted by atomic mass is 16.5. The topological polar surface area (TPSA) is 62.3 Å². The van der Waals surface area contributed by atoms with Crippen molar-refractivity contribution in [2.75, 3.05) is 64.6 Å². The molecule has 7 heteroatoms. The molecule has 0 N–H and O–H groups in total. The molecule has 0 unspecified atom stereocenters. The number of hydrogen-bond acceptors (Lipinski definition) is 7. The predicted molar refractivity (Wildman–Crippen MR) is 143 cm³/mol. The lowest BCUT2D eigenvalue weighted by Gasteiger charge is -2.39. The van der Waals surface area contributed by atoms with Crippen LogP contribution in [0.15, 0.2) is 48.5 Å². The number of rotatable bonds is 8. The Morgan fingerprint density at radius 2 is 0.944 bits per heavy atom. The highest BCUT2D eigenvalue weighted by Crippen LogP contribution is 2.28. The fourth-order valence-corrected chi connectivity index (χ4v) is 5.06. The molecule has 0 spiro atoms. The van der Waals surface area contributed by atoms with E-state index in [1.54, 1.807) is 0 Å². The van der Waals surface area contributed by atoms with Crippen molar-refractivity contribution in [1.29, 1.82) is 0 Å².